The first-order valence-electron chi connectivity index (χ1n) is 4.60. The summed E-state index contributed by atoms with van der Waals surface area (Å²) in [5.74, 6) is 0.528. The molecule has 13 heavy (non-hydrogen) atoms. The molecule has 0 aliphatic heterocycles. The minimum atomic E-state index is 0.528. The maximum atomic E-state index is 4.35. The maximum Gasteiger partial charge on any atom is 0.117 e. The van der Waals surface area contributed by atoms with Crippen molar-refractivity contribution in [2.75, 3.05) is 0 Å². The average Bonchev–Trinajstić information content (AvgIpc) is 2.63. The second-order valence-electron chi connectivity index (χ2n) is 3.32. The van der Waals surface area contributed by atoms with E-state index in [4.69, 9.17) is 0 Å². The van der Waals surface area contributed by atoms with E-state index >= 15 is 0 Å². The molecule has 68 valence electrons. The van der Waals surface area contributed by atoms with Crippen LogP contribution in [0.4, 0.5) is 0 Å². The van der Waals surface area contributed by atoms with Crippen LogP contribution in [0.1, 0.15) is 31.9 Å². The topological polar surface area (TPSA) is 30.2 Å². The molecule has 0 aliphatic carbocycles. The molecule has 0 amide bonds. The highest BCUT2D eigenvalue weighted by molar-refractivity contribution is 5.45. The lowest BCUT2D eigenvalue weighted by molar-refractivity contribution is 0.701. The van der Waals surface area contributed by atoms with E-state index in [1.165, 1.54) is 0 Å². The van der Waals surface area contributed by atoms with Crippen molar-refractivity contribution in [3.63, 3.8) is 0 Å². The highest BCUT2D eigenvalue weighted by atomic mass is 15.2. The molecule has 0 fully saturated rings. The van der Waals surface area contributed by atoms with E-state index in [0.717, 1.165) is 17.6 Å². The Bertz CT molecular complexity index is 405. The second kappa shape index (κ2) is 3.17. The molecular formula is C10H13N3. The van der Waals surface area contributed by atoms with E-state index in [-0.39, 0.29) is 0 Å². The Morgan fingerprint density at radius 3 is 3.15 bits per heavy atom. The van der Waals surface area contributed by atoms with Crippen LogP contribution in [0.3, 0.4) is 0 Å². The van der Waals surface area contributed by atoms with Crippen LogP contribution in [-0.2, 0) is 0 Å². The number of fused-ring (bicyclic) bond motifs is 1. The summed E-state index contributed by atoms with van der Waals surface area (Å²) in [7, 11) is 0. The standard InChI is InChI=1S/C10H13N3/c1-3-8(2)10-6-9-4-5-12-13(9)7-11-10/h4-8H,3H2,1-2H3. The van der Waals surface area contributed by atoms with Crippen LogP contribution in [0.5, 0.6) is 0 Å². The molecule has 1 unspecified atom stereocenters. The molecule has 0 aliphatic rings. The Labute approximate surface area is 77.4 Å². The molecule has 0 saturated heterocycles. The van der Waals surface area contributed by atoms with Crippen molar-refractivity contribution in [1.29, 1.82) is 0 Å². The van der Waals surface area contributed by atoms with Crippen LogP contribution in [-0.4, -0.2) is 14.6 Å². The molecule has 3 nitrogen and oxygen atoms in total. The normalized spacial score (nSPS) is 13.4. The van der Waals surface area contributed by atoms with E-state index < -0.39 is 0 Å². The number of hydrogen-bond acceptors (Lipinski definition) is 2. The molecule has 2 aromatic heterocycles. The van der Waals surface area contributed by atoms with Crippen molar-refractivity contribution in [2.45, 2.75) is 26.2 Å². The van der Waals surface area contributed by atoms with E-state index in [9.17, 15) is 0 Å². The zero-order chi connectivity index (χ0) is 9.26. The quantitative estimate of drug-likeness (QED) is 0.700. The van der Waals surface area contributed by atoms with Gasteiger partial charge in [0.25, 0.3) is 0 Å². The van der Waals surface area contributed by atoms with Gasteiger partial charge in [-0.25, -0.2) is 9.50 Å². The van der Waals surface area contributed by atoms with Crippen molar-refractivity contribution < 1.29 is 0 Å². The van der Waals surface area contributed by atoms with E-state index in [1.54, 1.807) is 17.0 Å². The van der Waals surface area contributed by atoms with E-state index in [1.807, 2.05) is 6.07 Å². The van der Waals surface area contributed by atoms with Crippen molar-refractivity contribution in [3.05, 3.63) is 30.4 Å². The molecule has 2 rings (SSSR count). The molecule has 0 N–H and O–H groups in total. The first-order chi connectivity index (χ1) is 6.31. The predicted octanol–water partition coefficient (Wildman–Crippen LogP) is 2.24. The lowest BCUT2D eigenvalue weighted by Gasteiger charge is -2.06. The van der Waals surface area contributed by atoms with Gasteiger partial charge in [-0.2, -0.15) is 5.10 Å². The molecule has 0 radical (unpaired) electrons. The monoisotopic (exact) mass is 175 g/mol. The Balaban J connectivity index is 2.48. The smallest absolute Gasteiger partial charge is 0.117 e. The fourth-order valence-corrected chi connectivity index (χ4v) is 1.32. The molecular weight excluding hydrogens is 162 g/mol. The highest BCUT2D eigenvalue weighted by Crippen LogP contribution is 2.16. The Morgan fingerprint density at radius 2 is 2.38 bits per heavy atom. The van der Waals surface area contributed by atoms with E-state index in [0.29, 0.717) is 5.92 Å². The average molecular weight is 175 g/mol. The van der Waals surface area contributed by atoms with Crippen LogP contribution in [0, 0.1) is 0 Å². The van der Waals surface area contributed by atoms with Gasteiger partial charge in [0, 0.05) is 5.69 Å². The third-order valence-corrected chi connectivity index (χ3v) is 2.43. The summed E-state index contributed by atoms with van der Waals surface area (Å²) in [6.45, 7) is 4.36. The van der Waals surface area contributed by atoms with Gasteiger partial charge < -0.3 is 0 Å². The molecule has 0 bridgehead atoms. The van der Waals surface area contributed by atoms with Crippen LogP contribution in [0.2, 0.25) is 0 Å². The van der Waals surface area contributed by atoms with Crippen molar-refractivity contribution in [3.8, 4) is 0 Å². The van der Waals surface area contributed by atoms with Crippen LogP contribution < -0.4 is 0 Å². The second-order valence-corrected chi connectivity index (χ2v) is 3.32. The van der Waals surface area contributed by atoms with Gasteiger partial charge in [-0.3, -0.25) is 0 Å². The number of rotatable bonds is 2. The molecule has 2 heterocycles. The van der Waals surface area contributed by atoms with Gasteiger partial charge in [-0.05, 0) is 24.5 Å². The van der Waals surface area contributed by atoms with Gasteiger partial charge in [0.1, 0.15) is 6.33 Å². The summed E-state index contributed by atoms with van der Waals surface area (Å²) in [5.41, 5.74) is 2.26. The van der Waals surface area contributed by atoms with Gasteiger partial charge in [0.05, 0.1) is 11.7 Å². The number of aromatic nitrogens is 3. The highest BCUT2D eigenvalue weighted by Gasteiger charge is 2.04. The van der Waals surface area contributed by atoms with Gasteiger partial charge >= 0.3 is 0 Å². The maximum absolute atomic E-state index is 4.35. The minimum Gasteiger partial charge on any atom is -0.241 e. The van der Waals surface area contributed by atoms with Crippen LogP contribution in [0.15, 0.2) is 24.7 Å². The summed E-state index contributed by atoms with van der Waals surface area (Å²) in [5, 5.41) is 4.10. The fourth-order valence-electron chi connectivity index (χ4n) is 1.32. The van der Waals surface area contributed by atoms with Crippen LogP contribution in [0.25, 0.3) is 5.52 Å². The molecule has 0 aromatic carbocycles. The largest absolute Gasteiger partial charge is 0.241 e. The Hall–Kier alpha value is -1.38. The lowest BCUT2D eigenvalue weighted by atomic mass is 10.1. The van der Waals surface area contributed by atoms with E-state index in [2.05, 4.69) is 30.0 Å². The molecule has 0 saturated carbocycles. The predicted molar refractivity (Wildman–Crippen MR) is 51.7 cm³/mol. The molecule has 3 heteroatoms. The molecule has 2 aromatic rings. The lowest BCUT2D eigenvalue weighted by Crippen LogP contribution is -1.98. The van der Waals surface area contributed by atoms with Gasteiger partial charge in [0.15, 0.2) is 0 Å². The fraction of sp³-hybridized carbons (Fsp3) is 0.400. The van der Waals surface area contributed by atoms with Crippen molar-refractivity contribution in [2.24, 2.45) is 0 Å². The molecule has 1 atom stereocenters. The third-order valence-electron chi connectivity index (χ3n) is 2.43. The van der Waals surface area contributed by atoms with Gasteiger partial charge in [-0.1, -0.05) is 13.8 Å². The van der Waals surface area contributed by atoms with Gasteiger partial charge in [-0.15, -0.1) is 0 Å². The first kappa shape index (κ1) is 8.23. The number of nitrogens with zero attached hydrogens (tertiary/aromatic N) is 3. The van der Waals surface area contributed by atoms with Crippen molar-refractivity contribution in [1.82, 2.24) is 14.6 Å². The molecule has 0 spiro atoms. The summed E-state index contributed by atoms with van der Waals surface area (Å²) in [6.07, 6.45) is 4.69. The van der Waals surface area contributed by atoms with Gasteiger partial charge in [0.2, 0.25) is 0 Å². The summed E-state index contributed by atoms with van der Waals surface area (Å²) in [4.78, 5) is 4.35. The third kappa shape index (κ3) is 1.41. The zero-order valence-electron chi connectivity index (χ0n) is 7.94. The SMILES string of the molecule is CCC(C)c1cc2ccnn2cn1. The Kier molecular flexibility index (Phi) is 2.00. The van der Waals surface area contributed by atoms with Crippen molar-refractivity contribution >= 4 is 5.52 Å². The first-order valence-corrected chi connectivity index (χ1v) is 4.60. The Morgan fingerprint density at radius 1 is 1.54 bits per heavy atom. The number of hydrogen-bond donors (Lipinski definition) is 0. The zero-order valence-corrected chi connectivity index (χ0v) is 7.94. The van der Waals surface area contributed by atoms with Crippen LogP contribution >= 0.6 is 0 Å². The summed E-state index contributed by atoms with van der Waals surface area (Å²) in [6, 6.07) is 4.09. The summed E-state index contributed by atoms with van der Waals surface area (Å²) >= 11 is 0. The summed E-state index contributed by atoms with van der Waals surface area (Å²) < 4.78 is 1.78. The minimum absolute atomic E-state index is 0.528.